The van der Waals surface area contributed by atoms with E-state index in [1.165, 1.54) is 27.9 Å². The number of fused-ring (bicyclic) bond motifs is 1. The van der Waals surface area contributed by atoms with Gasteiger partial charge in [-0.25, -0.2) is 24.8 Å². The number of rotatable bonds is 5. The van der Waals surface area contributed by atoms with Gasteiger partial charge in [0, 0.05) is 18.2 Å². The second-order valence-corrected chi connectivity index (χ2v) is 10.4. The van der Waals surface area contributed by atoms with Gasteiger partial charge in [0.05, 0.1) is 11.9 Å². The van der Waals surface area contributed by atoms with Crippen LogP contribution < -0.4 is 10.6 Å². The van der Waals surface area contributed by atoms with Crippen molar-refractivity contribution < 1.29 is 17.8 Å². The number of halogens is 2. The zero-order chi connectivity index (χ0) is 25.8. The summed E-state index contributed by atoms with van der Waals surface area (Å²) in [6.07, 6.45) is 4.01. The van der Waals surface area contributed by atoms with Crippen molar-refractivity contribution in [3.05, 3.63) is 71.0 Å². The van der Waals surface area contributed by atoms with E-state index in [1.54, 1.807) is 37.4 Å². The summed E-state index contributed by atoms with van der Waals surface area (Å²) in [5, 5.41) is -0.452. The molecule has 36 heavy (non-hydrogen) atoms. The van der Waals surface area contributed by atoms with Crippen molar-refractivity contribution in [1.82, 2.24) is 24.5 Å². The highest BCUT2D eigenvalue weighted by molar-refractivity contribution is 7.85. The van der Waals surface area contributed by atoms with Gasteiger partial charge in [0.15, 0.2) is 5.03 Å². The molecule has 0 spiro atoms. The molecule has 0 saturated heterocycles. The van der Waals surface area contributed by atoms with Crippen molar-refractivity contribution in [2.75, 3.05) is 10.6 Å². The molecule has 11 nitrogen and oxygen atoms in total. The monoisotopic (exact) mass is 545 g/mol. The first-order valence-electron chi connectivity index (χ1n) is 10.4. The average molecular weight is 546 g/mol. The molecular weight excluding hydrogens is 529 g/mol. The highest BCUT2D eigenvalue weighted by Gasteiger charge is 2.51. The molecule has 1 aromatic carbocycles. The molecule has 3 N–H and O–H groups in total. The summed E-state index contributed by atoms with van der Waals surface area (Å²) >= 11 is 12.1. The highest BCUT2D eigenvalue weighted by atomic mass is 35.5. The minimum atomic E-state index is -4.71. The van der Waals surface area contributed by atoms with E-state index in [2.05, 4.69) is 19.9 Å². The van der Waals surface area contributed by atoms with Crippen LogP contribution in [0.15, 0.2) is 60.1 Å². The molecule has 0 bridgehead atoms. The van der Waals surface area contributed by atoms with Crippen LogP contribution in [0.3, 0.4) is 0 Å². The largest absolute Gasteiger partial charge is 0.383 e. The Kier molecular flexibility index (Phi) is 5.71. The number of hydrogen-bond acceptors (Lipinski definition) is 8. The first-order valence-corrected chi connectivity index (χ1v) is 12.6. The van der Waals surface area contributed by atoms with Crippen LogP contribution in [0.25, 0.3) is 11.1 Å². The summed E-state index contributed by atoms with van der Waals surface area (Å²) in [7, 11) is -4.71. The van der Waals surface area contributed by atoms with E-state index in [-0.39, 0.29) is 28.4 Å². The molecule has 184 valence electrons. The van der Waals surface area contributed by atoms with Crippen LogP contribution in [-0.4, -0.2) is 43.4 Å². The number of aromatic nitrogens is 5. The van der Waals surface area contributed by atoms with E-state index in [9.17, 15) is 17.8 Å². The summed E-state index contributed by atoms with van der Waals surface area (Å²) in [6, 6.07) is 9.98. The lowest BCUT2D eigenvalue weighted by atomic mass is 9.91. The maximum Gasteiger partial charge on any atom is 0.312 e. The van der Waals surface area contributed by atoms with Crippen molar-refractivity contribution in [3.8, 4) is 11.1 Å². The van der Waals surface area contributed by atoms with E-state index in [1.807, 2.05) is 0 Å². The lowest BCUT2D eigenvalue weighted by molar-refractivity contribution is -0.124. The lowest BCUT2D eigenvalue weighted by Gasteiger charge is -2.26. The first kappa shape index (κ1) is 24.1. The molecule has 3 aromatic heterocycles. The van der Waals surface area contributed by atoms with Crippen LogP contribution in [0.5, 0.6) is 0 Å². The molecule has 1 amide bonds. The van der Waals surface area contributed by atoms with Gasteiger partial charge in [0.2, 0.25) is 5.95 Å². The molecule has 0 saturated carbocycles. The predicted molar refractivity (Wildman–Crippen MR) is 133 cm³/mol. The molecular formula is C22H17Cl2N7O4S. The fraction of sp³-hybridized carbons (Fsp3) is 0.136. The molecule has 1 atom stereocenters. The maximum absolute atomic E-state index is 13.8. The van der Waals surface area contributed by atoms with E-state index in [0.717, 1.165) is 11.8 Å². The zero-order valence-electron chi connectivity index (χ0n) is 18.5. The lowest BCUT2D eigenvalue weighted by Crippen LogP contribution is -2.42. The fourth-order valence-corrected chi connectivity index (χ4v) is 5.44. The maximum atomic E-state index is 13.8. The Labute approximate surface area is 215 Å². The molecule has 0 radical (unpaired) electrons. The number of nitrogen functional groups attached to an aromatic ring is 1. The standard InChI is InChI=1S/C22H17Cl2N7O4S/c1-22(8-12-2-4-13(5-3-12)15-9-26-11-28-19(15)25)20(32)30(14-6-16(23)29-17(24)7-14)21-27-10-18(31(21)22)36(33,34)35/h2-7,9-11H,8H2,1H3,(H2,25,26,28)(H,33,34,35)/t22-/m1/s1. The molecule has 4 heterocycles. The number of hydrogen-bond donors (Lipinski definition) is 2. The van der Waals surface area contributed by atoms with Crippen LogP contribution in [-0.2, 0) is 26.9 Å². The van der Waals surface area contributed by atoms with Gasteiger partial charge in [0.25, 0.3) is 5.91 Å². The third-order valence-corrected chi connectivity index (χ3v) is 7.10. The number of carbonyl (C=O) groups is 1. The van der Waals surface area contributed by atoms with Crippen LogP contribution in [0.4, 0.5) is 17.5 Å². The second kappa shape index (κ2) is 8.52. The van der Waals surface area contributed by atoms with Crippen molar-refractivity contribution in [1.29, 1.82) is 0 Å². The summed E-state index contributed by atoms with van der Waals surface area (Å²) in [4.78, 5) is 31.0. The average Bonchev–Trinajstić information content (AvgIpc) is 3.33. The van der Waals surface area contributed by atoms with Gasteiger partial charge in [-0.1, -0.05) is 47.5 Å². The highest BCUT2D eigenvalue weighted by Crippen LogP contribution is 2.44. The Morgan fingerprint density at radius 1 is 1.08 bits per heavy atom. The number of imidazole rings is 1. The molecule has 14 heteroatoms. The van der Waals surface area contributed by atoms with E-state index < -0.39 is 26.6 Å². The Balaban J connectivity index is 1.60. The molecule has 0 unspecified atom stereocenters. The third kappa shape index (κ3) is 3.97. The minimum absolute atomic E-state index is 0.0145. The molecule has 5 rings (SSSR count). The number of benzene rings is 1. The van der Waals surface area contributed by atoms with Gasteiger partial charge >= 0.3 is 10.1 Å². The number of amides is 1. The predicted octanol–water partition coefficient (Wildman–Crippen LogP) is 3.51. The Morgan fingerprint density at radius 3 is 2.36 bits per heavy atom. The van der Waals surface area contributed by atoms with Crippen LogP contribution in [0.1, 0.15) is 12.5 Å². The van der Waals surface area contributed by atoms with Crippen molar-refractivity contribution >= 4 is 56.7 Å². The minimum Gasteiger partial charge on any atom is -0.383 e. The smallest absolute Gasteiger partial charge is 0.312 e. The SMILES string of the molecule is C[C@@]1(Cc2ccc(-c3cncnc3N)cc2)C(=O)N(c2cc(Cl)nc(Cl)c2)c2ncc(S(=O)(=O)O)n21. The van der Waals surface area contributed by atoms with E-state index >= 15 is 0 Å². The van der Waals surface area contributed by atoms with Crippen LogP contribution >= 0.6 is 23.2 Å². The number of nitrogens with zero attached hydrogens (tertiary/aromatic N) is 6. The molecule has 4 aromatic rings. The quantitative estimate of drug-likeness (QED) is 0.282. The summed E-state index contributed by atoms with van der Waals surface area (Å²) < 4.78 is 35.4. The summed E-state index contributed by atoms with van der Waals surface area (Å²) in [5.74, 6) is -0.195. The van der Waals surface area contributed by atoms with Crippen molar-refractivity contribution in [2.45, 2.75) is 23.9 Å². The van der Waals surface area contributed by atoms with E-state index in [0.29, 0.717) is 16.9 Å². The Hall–Kier alpha value is -3.58. The topological polar surface area (TPSA) is 157 Å². The molecule has 1 aliphatic rings. The van der Waals surface area contributed by atoms with Gasteiger partial charge in [-0.2, -0.15) is 8.42 Å². The first-order chi connectivity index (χ1) is 17.0. The second-order valence-electron chi connectivity index (χ2n) is 8.29. The molecule has 1 aliphatic heterocycles. The Morgan fingerprint density at radius 2 is 1.75 bits per heavy atom. The van der Waals surface area contributed by atoms with Gasteiger partial charge in [-0.3, -0.25) is 13.9 Å². The fourth-order valence-electron chi connectivity index (χ4n) is 4.29. The number of anilines is 3. The van der Waals surface area contributed by atoms with E-state index in [4.69, 9.17) is 28.9 Å². The Bertz CT molecular complexity index is 1610. The zero-order valence-corrected chi connectivity index (χ0v) is 20.8. The van der Waals surface area contributed by atoms with Gasteiger partial charge < -0.3 is 5.73 Å². The van der Waals surface area contributed by atoms with Crippen molar-refractivity contribution in [2.24, 2.45) is 0 Å². The van der Waals surface area contributed by atoms with Crippen molar-refractivity contribution in [3.63, 3.8) is 0 Å². The molecule has 0 fully saturated rings. The number of nitrogens with two attached hydrogens (primary N) is 1. The van der Waals surface area contributed by atoms with Gasteiger partial charge in [0.1, 0.15) is 28.0 Å². The van der Waals surface area contributed by atoms with Gasteiger partial charge in [-0.15, -0.1) is 0 Å². The van der Waals surface area contributed by atoms with Crippen LogP contribution in [0, 0.1) is 0 Å². The third-order valence-electron chi connectivity index (χ3n) is 5.89. The summed E-state index contributed by atoms with van der Waals surface area (Å²) in [6.45, 7) is 1.57. The number of pyridine rings is 1. The summed E-state index contributed by atoms with van der Waals surface area (Å²) in [5.41, 5.74) is 6.83. The normalized spacial score (nSPS) is 17.4. The van der Waals surface area contributed by atoms with Gasteiger partial charge in [-0.05, 0) is 30.2 Å². The van der Waals surface area contributed by atoms with Crippen LogP contribution in [0.2, 0.25) is 10.3 Å². The number of carbonyl (C=O) groups excluding carboxylic acids is 1. The molecule has 0 aliphatic carbocycles.